The van der Waals surface area contributed by atoms with E-state index in [1.165, 1.54) is 38.9 Å². The summed E-state index contributed by atoms with van der Waals surface area (Å²) in [4.78, 5) is 2.56. The van der Waals surface area contributed by atoms with Crippen LogP contribution in [0.4, 0.5) is 0 Å². The van der Waals surface area contributed by atoms with E-state index < -0.39 is 0 Å². The third-order valence-electron chi connectivity index (χ3n) is 3.47. The average Bonchev–Trinajstić information content (AvgIpc) is 3.05. The second-order valence-electron chi connectivity index (χ2n) is 5.01. The number of likely N-dealkylation sites (tertiary alicyclic amines) is 1. The molecule has 0 aliphatic carbocycles. The van der Waals surface area contributed by atoms with Crippen molar-refractivity contribution in [3.8, 4) is 0 Å². The average molecular weight is 283 g/mol. The number of rotatable bonds is 8. The third kappa shape index (κ3) is 4.19. The van der Waals surface area contributed by atoms with Crippen LogP contribution in [0.1, 0.15) is 38.4 Å². The fraction of sp³-hybridized carbons (Fsp3) is 0.846. The van der Waals surface area contributed by atoms with E-state index in [1.54, 1.807) is 0 Å². The zero-order valence-electron chi connectivity index (χ0n) is 11.8. The second-order valence-corrected chi connectivity index (χ2v) is 6.07. The Kier molecular flexibility index (Phi) is 6.13. The maximum Gasteiger partial charge on any atom is 0.191 e. The van der Waals surface area contributed by atoms with Gasteiger partial charge in [-0.15, -0.1) is 10.2 Å². The molecule has 2 N–H and O–H groups in total. The Balaban J connectivity index is 1.76. The van der Waals surface area contributed by atoms with Crippen LogP contribution in [0.15, 0.2) is 5.16 Å². The molecule has 1 aliphatic heterocycles. The van der Waals surface area contributed by atoms with E-state index in [9.17, 15) is 0 Å². The molecule has 108 valence electrons. The largest absolute Gasteiger partial charge is 0.324 e. The molecule has 6 heteroatoms. The van der Waals surface area contributed by atoms with Crippen LogP contribution in [0.25, 0.3) is 0 Å². The molecule has 1 fully saturated rings. The lowest BCUT2D eigenvalue weighted by atomic mass is 10.4. The zero-order valence-corrected chi connectivity index (χ0v) is 12.7. The van der Waals surface area contributed by atoms with Gasteiger partial charge in [0.15, 0.2) is 5.16 Å². The lowest BCUT2D eigenvalue weighted by Crippen LogP contribution is -2.20. The highest BCUT2D eigenvalue weighted by molar-refractivity contribution is 7.99. The minimum absolute atomic E-state index is 0.474. The molecule has 0 spiro atoms. The standard InChI is InChI=1S/C13H25N5S/c1-2-6-18-12(11-14)15-16-13(18)19-10-5-9-17-7-3-4-8-17/h2-11,14H2,1H3. The summed E-state index contributed by atoms with van der Waals surface area (Å²) in [7, 11) is 0. The molecule has 0 saturated carbocycles. The van der Waals surface area contributed by atoms with Crippen LogP contribution < -0.4 is 5.73 Å². The summed E-state index contributed by atoms with van der Waals surface area (Å²) in [5, 5.41) is 9.45. The molecule has 0 amide bonds. The molecule has 0 bridgehead atoms. The van der Waals surface area contributed by atoms with Gasteiger partial charge < -0.3 is 15.2 Å². The molecule has 1 aliphatic rings. The van der Waals surface area contributed by atoms with Crippen molar-refractivity contribution in [3.05, 3.63) is 5.82 Å². The van der Waals surface area contributed by atoms with E-state index >= 15 is 0 Å². The van der Waals surface area contributed by atoms with Crippen molar-refractivity contribution >= 4 is 11.8 Å². The molecule has 0 atom stereocenters. The maximum absolute atomic E-state index is 5.69. The van der Waals surface area contributed by atoms with Crippen LogP contribution in [0.2, 0.25) is 0 Å². The topological polar surface area (TPSA) is 60.0 Å². The van der Waals surface area contributed by atoms with Gasteiger partial charge in [-0.1, -0.05) is 18.7 Å². The molecular formula is C13H25N5S. The fourth-order valence-corrected chi connectivity index (χ4v) is 3.39. The summed E-state index contributed by atoms with van der Waals surface area (Å²) in [6.07, 6.45) is 5.06. The van der Waals surface area contributed by atoms with Gasteiger partial charge in [-0.25, -0.2) is 0 Å². The van der Waals surface area contributed by atoms with Gasteiger partial charge in [0.25, 0.3) is 0 Å². The van der Waals surface area contributed by atoms with Gasteiger partial charge >= 0.3 is 0 Å². The summed E-state index contributed by atoms with van der Waals surface area (Å²) in [6.45, 7) is 7.40. The molecule has 1 aromatic heterocycles. The van der Waals surface area contributed by atoms with Crippen LogP contribution in [0.5, 0.6) is 0 Å². The first-order valence-corrected chi connectivity index (χ1v) is 8.31. The van der Waals surface area contributed by atoms with Crippen molar-refractivity contribution in [3.63, 3.8) is 0 Å². The highest BCUT2D eigenvalue weighted by Crippen LogP contribution is 2.19. The second kappa shape index (κ2) is 7.87. The van der Waals surface area contributed by atoms with Gasteiger partial charge in [-0.05, 0) is 45.3 Å². The number of hydrogen-bond donors (Lipinski definition) is 1. The SMILES string of the molecule is CCCn1c(CN)nnc1SCCCN1CCCC1. The third-order valence-corrected chi connectivity index (χ3v) is 4.52. The molecule has 2 heterocycles. The Morgan fingerprint density at radius 1 is 1.21 bits per heavy atom. The molecular weight excluding hydrogens is 258 g/mol. The molecule has 1 aromatic rings. The highest BCUT2D eigenvalue weighted by Gasteiger charge is 2.12. The smallest absolute Gasteiger partial charge is 0.191 e. The molecule has 0 unspecified atom stereocenters. The van der Waals surface area contributed by atoms with Gasteiger partial charge in [0, 0.05) is 12.3 Å². The van der Waals surface area contributed by atoms with Gasteiger partial charge in [0.1, 0.15) is 5.82 Å². The number of nitrogens with zero attached hydrogens (tertiary/aromatic N) is 4. The van der Waals surface area contributed by atoms with Crippen LogP contribution in [0.3, 0.4) is 0 Å². The fourth-order valence-electron chi connectivity index (χ4n) is 2.48. The minimum atomic E-state index is 0.474. The Hall–Kier alpha value is -0.590. The van der Waals surface area contributed by atoms with Crippen LogP contribution in [-0.2, 0) is 13.1 Å². The quantitative estimate of drug-likeness (QED) is 0.581. The van der Waals surface area contributed by atoms with Gasteiger partial charge in [-0.3, -0.25) is 0 Å². The van der Waals surface area contributed by atoms with Gasteiger partial charge in [-0.2, -0.15) is 0 Å². The number of aromatic nitrogens is 3. The van der Waals surface area contributed by atoms with Crippen molar-refractivity contribution in [2.24, 2.45) is 5.73 Å². The number of hydrogen-bond acceptors (Lipinski definition) is 5. The summed E-state index contributed by atoms with van der Waals surface area (Å²) in [6, 6.07) is 0. The van der Waals surface area contributed by atoms with E-state index in [0.29, 0.717) is 6.54 Å². The molecule has 19 heavy (non-hydrogen) atoms. The van der Waals surface area contributed by atoms with Crippen molar-refractivity contribution in [2.45, 2.75) is 50.9 Å². The Bertz CT molecular complexity index is 373. The van der Waals surface area contributed by atoms with Crippen molar-refractivity contribution in [1.29, 1.82) is 0 Å². The molecule has 0 aromatic carbocycles. The van der Waals surface area contributed by atoms with Crippen LogP contribution in [0, 0.1) is 0 Å². The number of nitrogens with two attached hydrogens (primary N) is 1. The highest BCUT2D eigenvalue weighted by atomic mass is 32.2. The Labute approximate surface area is 119 Å². The maximum atomic E-state index is 5.69. The van der Waals surface area contributed by atoms with Gasteiger partial charge in [0.05, 0.1) is 6.54 Å². The monoisotopic (exact) mass is 283 g/mol. The van der Waals surface area contributed by atoms with Crippen LogP contribution in [-0.4, -0.2) is 45.1 Å². The summed E-state index contributed by atoms with van der Waals surface area (Å²) in [5.74, 6) is 2.02. The van der Waals surface area contributed by atoms with E-state index in [2.05, 4.69) is 26.6 Å². The Morgan fingerprint density at radius 2 is 2.00 bits per heavy atom. The van der Waals surface area contributed by atoms with E-state index in [0.717, 1.165) is 29.7 Å². The lowest BCUT2D eigenvalue weighted by molar-refractivity contribution is 0.341. The first-order valence-electron chi connectivity index (χ1n) is 7.32. The first kappa shape index (κ1) is 14.8. The number of thioether (sulfide) groups is 1. The van der Waals surface area contributed by atoms with Crippen LogP contribution >= 0.6 is 11.8 Å². The molecule has 1 saturated heterocycles. The lowest BCUT2D eigenvalue weighted by Gasteiger charge is -2.13. The predicted molar refractivity (Wildman–Crippen MR) is 79.2 cm³/mol. The summed E-state index contributed by atoms with van der Waals surface area (Å²) < 4.78 is 2.17. The van der Waals surface area contributed by atoms with E-state index in [1.807, 2.05) is 11.8 Å². The van der Waals surface area contributed by atoms with Crippen molar-refractivity contribution in [2.75, 3.05) is 25.4 Å². The van der Waals surface area contributed by atoms with Gasteiger partial charge in [0.2, 0.25) is 0 Å². The van der Waals surface area contributed by atoms with E-state index in [4.69, 9.17) is 5.73 Å². The zero-order chi connectivity index (χ0) is 13.5. The summed E-state index contributed by atoms with van der Waals surface area (Å²) in [5.41, 5.74) is 5.69. The minimum Gasteiger partial charge on any atom is -0.324 e. The predicted octanol–water partition coefficient (Wildman–Crippen LogP) is 1.72. The Morgan fingerprint density at radius 3 is 2.68 bits per heavy atom. The molecule has 5 nitrogen and oxygen atoms in total. The van der Waals surface area contributed by atoms with Crippen molar-refractivity contribution in [1.82, 2.24) is 19.7 Å². The van der Waals surface area contributed by atoms with E-state index in [-0.39, 0.29) is 0 Å². The molecule has 0 radical (unpaired) electrons. The first-order chi connectivity index (χ1) is 9.35. The normalized spacial score (nSPS) is 16.3. The van der Waals surface area contributed by atoms with Crippen molar-refractivity contribution < 1.29 is 0 Å². The summed E-state index contributed by atoms with van der Waals surface area (Å²) >= 11 is 1.81. The molecule has 2 rings (SSSR count).